The van der Waals surface area contributed by atoms with Gasteiger partial charge in [0.05, 0.1) is 40.1 Å². The molecule has 2 aromatic rings. The van der Waals surface area contributed by atoms with Crippen molar-refractivity contribution in [3.63, 3.8) is 0 Å². The molecule has 0 aliphatic carbocycles. The maximum atomic E-state index is 12.7. The monoisotopic (exact) mass is 454 g/mol. The van der Waals surface area contributed by atoms with E-state index in [-0.39, 0.29) is 11.9 Å². The molecule has 1 aliphatic heterocycles. The van der Waals surface area contributed by atoms with Crippen LogP contribution in [-0.4, -0.2) is 64.5 Å². The Kier molecular flexibility index (Phi) is 9.15. The second kappa shape index (κ2) is 12.3. The van der Waals surface area contributed by atoms with Gasteiger partial charge in [-0.2, -0.15) is 0 Å². The van der Waals surface area contributed by atoms with Gasteiger partial charge in [0, 0.05) is 31.3 Å². The van der Waals surface area contributed by atoms with Gasteiger partial charge in [-0.15, -0.1) is 0 Å². The summed E-state index contributed by atoms with van der Waals surface area (Å²) in [7, 11) is 3.26. The van der Waals surface area contributed by atoms with Gasteiger partial charge in [0.1, 0.15) is 5.75 Å². The number of nitrogens with one attached hydrogen (secondary N) is 1. The smallest absolute Gasteiger partial charge is 0.244 e. The van der Waals surface area contributed by atoms with E-state index >= 15 is 0 Å². The van der Waals surface area contributed by atoms with Crippen molar-refractivity contribution in [1.82, 2.24) is 10.2 Å². The van der Waals surface area contributed by atoms with Crippen LogP contribution in [0.1, 0.15) is 29.7 Å². The fourth-order valence-corrected chi connectivity index (χ4v) is 3.92. The predicted octanol–water partition coefficient (Wildman–Crippen LogP) is 3.61. The average molecular weight is 455 g/mol. The third kappa shape index (κ3) is 6.73. The lowest BCUT2D eigenvalue weighted by atomic mass is 10.0. The van der Waals surface area contributed by atoms with Gasteiger partial charge in [-0.05, 0) is 49.8 Å². The van der Waals surface area contributed by atoms with E-state index in [2.05, 4.69) is 10.2 Å². The molecule has 7 nitrogen and oxygen atoms in total. The van der Waals surface area contributed by atoms with Crippen molar-refractivity contribution in [3.05, 3.63) is 59.2 Å². The van der Waals surface area contributed by atoms with E-state index in [0.717, 1.165) is 35.5 Å². The molecular weight excluding hydrogens is 420 g/mol. The minimum absolute atomic E-state index is 0.00988. The number of benzene rings is 2. The minimum Gasteiger partial charge on any atom is -0.496 e. The molecule has 1 unspecified atom stereocenters. The molecule has 1 N–H and O–H groups in total. The lowest BCUT2D eigenvalue weighted by molar-refractivity contribution is -0.116. The Morgan fingerprint density at radius 2 is 1.82 bits per heavy atom. The van der Waals surface area contributed by atoms with Gasteiger partial charge in [0.2, 0.25) is 5.91 Å². The summed E-state index contributed by atoms with van der Waals surface area (Å²) in [6, 6.07) is 11.8. The number of methoxy groups -OCH3 is 2. The molecule has 0 bridgehead atoms. The highest BCUT2D eigenvalue weighted by Gasteiger charge is 2.24. The summed E-state index contributed by atoms with van der Waals surface area (Å²) in [5.41, 5.74) is 3.03. The number of hydrogen-bond acceptors (Lipinski definition) is 6. The van der Waals surface area contributed by atoms with Crippen molar-refractivity contribution in [2.75, 3.05) is 53.7 Å². The standard InChI is InChI=1S/C26H34N2O5/c1-5-33-24-10-7-20(17-25(24)31-4)22(28-12-14-32-15-13-28)18-27-26(29)11-8-21-16-19(2)6-9-23(21)30-3/h6-11,16-17,22H,5,12-15,18H2,1-4H3,(H,27,29)/b11-8+. The molecule has 1 saturated heterocycles. The summed E-state index contributed by atoms with van der Waals surface area (Å²) in [6.45, 7) is 7.92. The summed E-state index contributed by atoms with van der Waals surface area (Å²) in [6.07, 6.45) is 3.33. The number of nitrogens with zero attached hydrogens (tertiary/aromatic N) is 1. The number of ether oxygens (including phenoxy) is 4. The Morgan fingerprint density at radius 3 is 2.52 bits per heavy atom. The summed E-state index contributed by atoms with van der Waals surface area (Å²) in [5.74, 6) is 1.97. The van der Waals surface area contributed by atoms with Crippen molar-refractivity contribution in [3.8, 4) is 17.2 Å². The molecule has 1 heterocycles. The highest BCUT2D eigenvalue weighted by molar-refractivity contribution is 5.92. The van der Waals surface area contributed by atoms with E-state index < -0.39 is 0 Å². The van der Waals surface area contributed by atoms with Crippen LogP contribution in [0.2, 0.25) is 0 Å². The lowest BCUT2D eigenvalue weighted by Gasteiger charge is -2.35. The van der Waals surface area contributed by atoms with Crippen molar-refractivity contribution in [2.24, 2.45) is 0 Å². The molecule has 0 radical (unpaired) electrons. The first-order valence-corrected chi connectivity index (χ1v) is 11.3. The van der Waals surface area contributed by atoms with Gasteiger partial charge >= 0.3 is 0 Å². The van der Waals surface area contributed by atoms with Gasteiger partial charge in [-0.25, -0.2) is 0 Å². The molecule has 7 heteroatoms. The summed E-state index contributed by atoms with van der Waals surface area (Å²) < 4.78 is 22.1. The largest absolute Gasteiger partial charge is 0.496 e. The molecule has 3 rings (SSSR count). The zero-order valence-electron chi connectivity index (χ0n) is 19.9. The van der Waals surface area contributed by atoms with Crippen LogP contribution < -0.4 is 19.5 Å². The van der Waals surface area contributed by atoms with Crippen molar-refractivity contribution in [1.29, 1.82) is 0 Å². The first-order valence-electron chi connectivity index (χ1n) is 11.3. The van der Waals surface area contributed by atoms with Gasteiger partial charge < -0.3 is 24.3 Å². The van der Waals surface area contributed by atoms with Gasteiger partial charge in [-0.1, -0.05) is 17.7 Å². The number of hydrogen-bond donors (Lipinski definition) is 1. The summed E-state index contributed by atoms with van der Waals surface area (Å²) in [4.78, 5) is 15.0. The molecule has 1 atom stereocenters. The highest BCUT2D eigenvalue weighted by atomic mass is 16.5. The molecule has 178 valence electrons. The first-order chi connectivity index (χ1) is 16.0. The minimum atomic E-state index is -0.158. The molecule has 1 fully saturated rings. The first kappa shape index (κ1) is 24.6. The molecule has 2 aromatic carbocycles. The number of amides is 1. The fraction of sp³-hybridized carbons (Fsp3) is 0.423. The van der Waals surface area contributed by atoms with Gasteiger partial charge in [0.15, 0.2) is 11.5 Å². The molecule has 1 aliphatic rings. The van der Waals surface area contributed by atoms with Gasteiger partial charge in [0.25, 0.3) is 0 Å². The Balaban J connectivity index is 1.75. The summed E-state index contributed by atoms with van der Waals surface area (Å²) in [5, 5.41) is 3.06. The Bertz CT molecular complexity index is 954. The van der Waals surface area contributed by atoms with Crippen molar-refractivity contribution < 1.29 is 23.7 Å². The Hall–Kier alpha value is -3.03. The summed E-state index contributed by atoms with van der Waals surface area (Å²) >= 11 is 0. The third-order valence-electron chi connectivity index (χ3n) is 5.63. The number of rotatable bonds is 10. The molecule has 0 aromatic heterocycles. The molecule has 33 heavy (non-hydrogen) atoms. The lowest BCUT2D eigenvalue weighted by Crippen LogP contribution is -2.43. The quantitative estimate of drug-likeness (QED) is 0.553. The van der Waals surface area contributed by atoms with E-state index in [1.165, 1.54) is 0 Å². The molecule has 0 spiro atoms. The van der Waals surface area contributed by atoms with Crippen LogP contribution in [0.25, 0.3) is 6.08 Å². The van der Waals surface area contributed by atoms with Crippen LogP contribution in [0, 0.1) is 6.92 Å². The number of carbonyl (C=O) groups is 1. The zero-order valence-corrected chi connectivity index (χ0v) is 19.9. The number of aryl methyl sites for hydroxylation is 1. The SMILES string of the molecule is CCOc1ccc(C(CNC(=O)/C=C/c2cc(C)ccc2OC)N2CCOCC2)cc1OC. The maximum absolute atomic E-state index is 12.7. The third-order valence-corrected chi connectivity index (χ3v) is 5.63. The Labute approximate surface area is 196 Å². The van der Waals surface area contributed by atoms with Crippen LogP contribution in [0.15, 0.2) is 42.5 Å². The fourth-order valence-electron chi connectivity index (χ4n) is 3.92. The van der Waals surface area contributed by atoms with Gasteiger partial charge in [-0.3, -0.25) is 9.69 Å². The number of morpholine rings is 1. The van der Waals surface area contributed by atoms with E-state index in [4.69, 9.17) is 18.9 Å². The topological polar surface area (TPSA) is 69.3 Å². The maximum Gasteiger partial charge on any atom is 0.244 e. The van der Waals surface area contributed by atoms with E-state index in [1.807, 2.05) is 50.2 Å². The van der Waals surface area contributed by atoms with Crippen molar-refractivity contribution >= 4 is 12.0 Å². The average Bonchev–Trinajstić information content (AvgIpc) is 2.84. The number of carbonyl (C=O) groups excluding carboxylic acids is 1. The normalized spacial score (nSPS) is 15.3. The Morgan fingerprint density at radius 1 is 1.09 bits per heavy atom. The van der Waals surface area contributed by atoms with Crippen molar-refractivity contribution in [2.45, 2.75) is 19.9 Å². The molecule has 1 amide bonds. The van der Waals surface area contributed by atoms with Crippen LogP contribution in [-0.2, 0) is 9.53 Å². The van der Waals surface area contributed by atoms with E-state index in [9.17, 15) is 4.79 Å². The molecular formula is C26H34N2O5. The zero-order chi connectivity index (χ0) is 23.6. The second-order valence-electron chi connectivity index (χ2n) is 7.83. The molecule has 0 saturated carbocycles. The second-order valence-corrected chi connectivity index (χ2v) is 7.83. The van der Waals surface area contributed by atoms with E-state index in [0.29, 0.717) is 37.9 Å². The van der Waals surface area contributed by atoms with Crippen LogP contribution >= 0.6 is 0 Å². The predicted molar refractivity (Wildman–Crippen MR) is 129 cm³/mol. The van der Waals surface area contributed by atoms with Crippen LogP contribution in [0.4, 0.5) is 0 Å². The van der Waals surface area contributed by atoms with E-state index in [1.54, 1.807) is 26.4 Å². The van der Waals surface area contributed by atoms with Crippen LogP contribution in [0.5, 0.6) is 17.2 Å². The van der Waals surface area contributed by atoms with Crippen LogP contribution in [0.3, 0.4) is 0 Å². The highest BCUT2D eigenvalue weighted by Crippen LogP contribution is 2.32.